The number of likely N-dealkylation sites (tertiary alicyclic amines) is 1. The minimum Gasteiger partial charge on any atom is -0.352 e. The number of nitrogens with one attached hydrogen (secondary N) is 2. The van der Waals surface area contributed by atoms with E-state index in [1.165, 1.54) is 5.56 Å². The van der Waals surface area contributed by atoms with Gasteiger partial charge in [0, 0.05) is 38.6 Å². The van der Waals surface area contributed by atoms with E-state index in [1.54, 1.807) is 18.4 Å². The van der Waals surface area contributed by atoms with Crippen molar-refractivity contribution in [2.75, 3.05) is 20.1 Å². The van der Waals surface area contributed by atoms with Gasteiger partial charge >= 0.3 is 0 Å². The molecule has 0 aromatic carbocycles. The lowest BCUT2D eigenvalue weighted by Crippen LogP contribution is -2.45. The Balaban J connectivity index is 0.00000242. The average molecular weight is 436 g/mol. The summed E-state index contributed by atoms with van der Waals surface area (Å²) in [5.41, 5.74) is 1.26. The molecular weight excluding hydrogens is 411 g/mol. The molecule has 22 heavy (non-hydrogen) atoms. The van der Waals surface area contributed by atoms with E-state index >= 15 is 0 Å². The van der Waals surface area contributed by atoms with Crippen molar-refractivity contribution in [3.05, 3.63) is 22.4 Å². The molecule has 1 aliphatic rings. The summed E-state index contributed by atoms with van der Waals surface area (Å²) in [5, 5.41) is 10.9. The molecule has 1 aromatic rings. The van der Waals surface area contributed by atoms with Crippen molar-refractivity contribution in [2.45, 2.75) is 32.9 Å². The van der Waals surface area contributed by atoms with Crippen LogP contribution in [0.25, 0.3) is 0 Å². The lowest BCUT2D eigenvalue weighted by Gasteiger charge is -2.20. The first-order valence-corrected chi connectivity index (χ1v) is 8.31. The van der Waals surface area contributed by atoms with Crippen LogP contribution in [0, 0.1) is 5.92 Å². The maximum atomic E-state index is 12.0. The van der Waals surface area contributed by atoms with Gasteiger partial charge in [-0.05, 0) is 28.8 Å². The molecular formula is C15H25IN4OS. The van der Waals surface area contributed by atoms with Crippen molar-refractivity contribution in [3.8, 4) is 0 Å². The van der Waals surface area contributed by atoms with E-state index in [4.69, 9.17) is 0 Å². The van der Waals surface area contributed by atoms with Crippen LogP contribution in [0.5, 0.6) is 0 Å². The number of amides is 1. The third-order valence-electron chi connectivity index (χ3n) is 3.60. The topological polar surface area (TPSA) is 56.7 Å². The first-order chi connectivity index (χ1) is 10.1. The molecule has 1 atom stereocenters. The number of aliphatic imine (C=N–C) groups is 1. The second-order valence-electron chi connectivity index (χ2n) is 5.63. The van der Waals surface area contributed by atoms with E-state index in [0.717, 1.165) is 32.0 Å². The quantitative estimate of drug-likeness (QED) is 0.433. The summed E-state index contributed by atoms with van der Waals surface area (Å²) < 4.78 is 0. The molecule has 2 heterocycles. The Morgan fingerprint density at radius 3 is 2.91 bits per heavy atom. The maximum Gasteiger partial charge on any atom is 0.225 e. The van der Waals surface area contributed by atoms with E-state index in [2.05, 4.69) is 32.5 Å². The fraction of sp³-hybridized carbons (Fsp3) is 0.600. The fourth-order valence-corrected chi connectivity index (χ4v) is 3.08. The molecule has 124 valence electrons. The highest BCUT2D eigenvalue weighted by Crippen LogP contribution is 2.12. The minimum absolute atomic E-state index is 0. The molecule has 1 aromatic heterocycles. The number of halogens is 1. The van der Waals surface area contributed by atoms with Crippen LogP contribution in [0.3, 0.4) is 0 Å². The predicted molar refractivity (Wildman–Crippen MR) is 103 cm³/mol. The van der Waals surface area contributed by atoms with Crippen LogP contribution in [0.15, 0.2) is 21.8 Å². The summed E-state index contributed by atoms with van der Waals surface area (Å²) in [7, 11) is 1.77. The molecule has 0 spiro atoms. The van der Waals surface area contributed by atoms with E-state index < -0.39 is 0 Å². The van der Waals surface area contributed by atoms with Gasteiger partial charge in [0.15, 0.2) is 5.96 Å². The summed E-state index contributed by atoms with van der Waals surface area (Å²) in [6.45, 7) is 6.26. The van der Waals surface area contributed by atoms with Crippen LogP contribution in [-0.2, 0) is 11.3 Å². The monoisotopic (exact) mass is 436 g/mol. The van der Waals surface area contributed by atoms with Crippen molar-refractivity contribution >= 4 is 47.2 Å². The molecule has 0 aliphatic carbocycles. The van der Waals surface area contributed by atoms with Gasteiger partial charge in [-0.2, -0.15) is 11.3 Å². The predicted octanol–water partition coefficient (Wildman–Crippen LogP) is 2.29. The third kappa shape index (κ3) is 5.42. The van der Waals surface area contributed by atoms with Gasteiger partial charge in [-0.25, -0.2) is 0 Å². The van der Waals surface area contributed by atoms with E-state index in [0.29, 0.717) is 0 Å². The summed E-state index contributed by atoms with van der Waals surface area (Å²) in [6.07, 6.45) is 0.970. The molecule has 7 heteroatoms. The Labute approximate surface area is 153 Å². The highest BCUT2D eigenvalue weighted by molar-refractivity contribution is 14.0. The second-order valence-corrected chi connectivity index (χ2v) is 6.41. The Kier molecular flexibility index (Phi) is 8.16. The van der Waals surface area contributed by atoms with Crippen molar-refractivity contribution < 1.29 is 4.79 Å². The van der Waals surface area contributed by atoms with Gasteiger partial charge in [0.25, 0.3) is 0 Å². The van der Waals surface area contributed by atoms with Gasteiger partial charge in [0.05, 0.1) is 0 Å². The highest BCUT2D eigenvalue weighted by Gasteiger charge is 2.27. The molecule has 1 unspecified atom stereocenters. The third-order valence-corrected chi connectivity index (χ3v) is 4.33. The zero-order valence-electron chi connectivity index (χ0n) is 13.3. The van der Waals surface area contributed by atoms with Crippen molar-refractivity contribution in [1.82, 2.24) is 15.5 Å². The van der Waals surface area contributed by atoms with Crippen LogP contribution in [0.4, 0.5) is 0 Å². The van der Waals surface area contributed by atoms with Crippen molar-refractivity contribution in [2.24, 2.45) is 10.9 Å². The van der Waals surface area contributed by atoms with E-state index in [-0.39, 0.29) is 41.8 Å². The van der Waals surface area contributed by atoms with Crippen molar-refractivity contribution in [3.63, 3.8) is 0 Å². The number of nitrogens with zero attached hydrogens (tertiary/aromatic N) is 2. The summed E-state index contributed by atoms with van der Waals surface area (Å²) in [4.78, 5) is 18.2. The van der Waals surface area contributed by atoms with E-state index in [9.17, 15) is 4.79 Å². The number of rotatable bonds is 4. The lowest BCUT2D eigenvalue weighted by atomic mass is 10.2. The maximum absolute atomic E-state index is 12.0. The SMILES string of the molecule is CN=C(NCc1ccsc1)NC1CCN(C(=O)C(C)C)C1.I. The van der Waals surface area contributed by atoms with Crippen molar-refractivity contribution in [1.29, 1.82) is 0 Å². The number of thiophene rings is 1. The molecule has 0 bridgehead atoms. The number of hydrogen-bond donors (Lipinski definition) is 2. The summed E-state index contributed by atoms with van der Waals surface area (Å²) in [6, 6.07) is 2.38. The smallest absolute Gasteiger partial charge is 0.225 e. The fourth-order valence-electron chi connectivity index (χ4n) is 2.41. The van der Waals surface area contributed by atoms with Crippen LogP contribution in [-0.4, -0.2) is 42.9 Å². The Bertz CT molecular complexity index is 490. The number of hydrogen-bond acceptors (Lipinski definition) is 3. The first kappa shape index (κ1) is 19.2. The molecule has 1 saturated heterocycles. The highest BCUT2D eigenvalue weighted by atomic mass is 127. The van der Waals surface area contributed by atoms with Crippen LogP contribution in [0.1, 0.15) is 25.8 Å². The molecule has 1 aliphatic heterocycles. The second kappa shape index (κ2) is 9.34. The van der Waals surface area contributed by atoms with Gasteiger partial charge < -0.3 is 15.5 Å². The van der Waals surface area contributed by atoms with Gasteiger partial charge in [0.2, 0.25) is 5.91 Å². The largest absolute Gasteiger partial charge is 0.352 e. The number of carbonyl (C=O) groups is 1. The van der Waals surface area contributed by atoms with E-state index in [1.807, 2.05) is 18.7 Å². The summed E-state index contributed by atoms with van der Waals surface area (Å²) in [5.74, 6) is 1.10. The minimum atomic E-state index is 0. The first-order valence-electron chi connectivity index (χ1n) is 7.37. The molecule has 2 rings (SSSR count). The van der Waals surface area contributed by atoms with Gasteiger partial charge in [-0.1, -0.05) is 13.8 Å². The van der Waals surface area contributed by atoms with Gasteiger partial charge in [-0.15, -0.1) is 24.0 Å². The number of guanidine groups is 1. The Morgan fingerprint density at radius 1 is 1.55 bits per heavy atom. The molecule has 0 saturated carbocycles. The zero-order chi connectivity index (χ0) is 15.2. The lowest BCUT2D eigenvalue weighted by molar-refractivity contribution is -0.133. The molecule has 1 amide bonds. The molecule has 2 N–H and O–H groups in total. The molecule has 0 radical (unpaired) electrons. The summed E-state index contributed by atoms with van der Waals surface area (Å²) >= 11 is 1.69. The van der Waals surface area contributed by atoms with Crippen LogP contribution < -0.4 is 10.6 Å². The number of carbonyl (C=O) groups excluding carboxylic acids is 1. The van der Waals surface area contributed by atoms with Crippen LogP contribution in [0.2, 0.25) is 0 Å². The normalized spacial score (nSPS) is 18.3. The van der Waals surface area contributed by atoms with Gasteiger partial charge in [0.1, 0.15) is 0 Å². The Hall–Kier alpha value is -0.830. The van der Waals surface area contributed by atoms with Gasteiger partial charge in [-0.3, -0.25) is 9.79 Å². The average Bonchev–Trinajstić information content (AvgIpc) is 3.13. The standard InChI is InChI=1S/C15H24N4OS.HI/c1-11(2)14(20)19-6-4-13(9-19)18-15(16-3)17-8-12-5-7-21-10-12;/h5,7,10-11,13H,4,6,8-9H2,1-3H3,(H2,16,17,18);1H. The van der Waals surface area contributed by atoms with Crippen LogP contribution >= 0.6 is 35.3 Å². The molecule has 1 fully saturated rings. The Morgan fingerprint density at radius 2 is 2.32 bits per heavy atom. The zero-order valence-corrected chi connectivity index (χ0v) is 16.5. The molecule has 5 nitrogen and oxygen atoms in total.